The molecule has 1 fully saturated rings. The number of urea groups is 1. The molecule has 0 saturated carbocycles. The van der Waals surface area contributed by atoms with Crippen LogP contribution in [0.25, 0.3) is 0 Å². The summed E-state index contributed by atoms with van der Waals surface area (Å²) in [5.74, 6) is -0.161. The van der Waals surface area contributed by atoms with Gasteiger partial charge in [-0.05, 0) is 39.4 Å². The fraction of sp³-hybridized carbons (Fsp3) is 0.121. The molecular formula is C33H29ClN8O2. The van der Waals surface area contributed by atoms with Crippen LogP contribution in [0.15, 0.2) is 115 Å². The van der Waals surface area contributed by atoms with Gasteiger partial charge in [0.05, 0.1) is 5.54 Å². The number of hydrazine groups is 1. The predicted molar refractivity (Wildman–Crippen MR) is 169 cm³/mol. The fourth-order valence-electron chi connectivity index (χ4n) is 5.19. The number of hydrogen-bond donors (Lipinski definition) is 4. The molecule has 1 aliphatic rings. The van der Waals surface area contributed by atoms with Crippen molar-refractivity contribution in [3.8, 4) is 0 Å². The molecule has 5 aromatic rings. The van der Waals surface area contributed by atoms with Crippen LogP contribution in [0.2, 0.25) is 5.28 Å². The number of anilines is 2. The van der Waals surface area contributed by atoms with Crippen LogP contribution < -0.4 is 21.4 Å². The van der Waals surface area contributed by atoms with Gasteiger partial charge in [-0.3, -0.25) is 20.9 Å². The number of nitrogens with zero attached hydrogens (tertiary/aromatic N) is 4. The van der Waals surface area contributed by atoms with Crippen LogP contribution in [0.4, 0.5) is 16.7 Å². The van der Waals surface area contributed by atoms with Crippen molar-refractivity contribution in [2.45, 2.75) is 18.6 Å². The van der Waals surface area contributed by atoms with Gasteiger partial charge in [-0.15, -0.1) is 0 Å². The lowest BCUT2D eigenvalue weighted by Gasteiger charge is -2.37. The molecule has 0 unspecified atom stereocenters. The first-order valence-electron chi connectivity index (χ1n) is 14.0. The standard InChI is InChI=1S/C33H29ClN8O2/c34-29-38-30(40-31(39-29)41-42-22-28(43)37-32(42)44)35-20-23-16-18-24(19-17-23)21-36-33(25-10-4-1-5-11-25,26-12-6-2-7-13-26)27-14-8-3-9-15-27/h1-19,36H,20-22H2,(H,37,43,44)(H2,35,38,39,40,41). The molecular weight excluding hydrogens is 576 g/mol. The third-order valence-corrected chi connectivity index (χ3v) is 7.46. The average Bonchev–Trinajstić information content (AvgIpc) is 3.37. The summed E-state index contributed by atoms with van der Waals surface area (Å²) in [4.78, 5) is 35.6. The van der Waals surface area contributed by atoms with Crippen molar-refractivity contribution < 1.29 is 9.59 Å². The van der Waals surface area contributed by atoms with Gasteiger partial charge in [0.25, 0.3) is 0 Å². The molecule has 3 amide bonds. The first-order valence-corrected chi connectivity index (χ1v) is 14.4. The van der Waals surface area contributed by atoms with E-state index in [-0.39, 0.29) is 23.7 Å². The van der Waals surface area contributed by atoms with Gasteiger partial charge < -0.3 is 5.32 Å². The Morgan fingerprint density at radius 3 is 1.68 bits per heavy atom. The molecule has 1 aliphatic heterocycles. The minimum Gasteiger partial charge on any atom is -0.350 e. The van der Waals surface area contributed by atoms with Crippen molar-refractivity contribution in [3.63, 3.8) is 0 Å². The third kappa shape index (κ3) is 6.36. The van der Waals surface area contributed by atoms with E-state index in [1.165, 1.54) is 0 Å². The van der Waals surface area contributed by atoms with Gasteiger partial charge in [0.2, 0.25) is 23.1 Å². The Kier molecular flexibility index (Phi) is 8.44. The van der Waals surface area contributed by atoms with Crippen LogP contribution in [0.5, 0.6) is 0 Å². The summed E-state index contributed by atoms with van der Waals surface area (Å²) < 4.78 is 0. The van der Waals surface area contributed by atoms with Gasteiger partial charge in [0, 0.05) is 13.1 Å². The number of aromatic nitrogens is 3. The van der Waals surface area contributed by atoms with Gasteiger partial charge in [0.1, 0.15) is 6.54 Å². The minimum atomic E-state index is -0.593. The van der Waals surface area contributed by atoms with Crippen LogP contribution in [0.3, 0.4) is 0 Å². The summed E-state index contributed by atoms with van der Waals surface area (Å²) in [6.07, 6.45) is 0. The summed E-state index contributed by atoms with van der Waals surface area (Å²) in [5.41, 5.74) is 7.70. The number of nitrogens with one attached hydrogen (secondary N) is 4. The highest BCUT2D eigenvalue weighted by Gasteiger charge is 2.35. The largest absolute Gasteiger partial charge is 0.350 e. The van der Waals surface area contributed by atoms with Crippen molar-refractivity contribution >= 4 is 35.4 Å². The van der Waals surface area contributed by atoms with Crippen LogP contribution in [0.1, 0.15) is 27.8 Å². The van der Waals surface area contributed by atoms with Crippen LogP contribution >= 0.6 is 11.6 Å². The van der Waals surface area contributed by atoms with E-state index in [1.54, 1.807) is 0 Å². The molecule has 220 valence electrons. The molecule has 0 bridgehead atoms. The maximum Gasteiger partial charge on any atom is 0.343 e. The Hall–Kier alpha value is -5.32. The van der Waals surface area contributed by atoms with Crippen molar-refractivity contribution in [2.75, 3.05) is 17.3 Å². The number of benzene rings is 4. The van der Waals surface area contributed by atoms with E-state index in [2.05, 4.69) is 121 Å². The number of carbonyl (C=O) groups is 2. The van der Waals surface area contributed by atoms with Gasteiger partial charge in [-0.2, -0.15) is 15.0 Å². The van der Waals surface area contributed by atoms with Crippen molar-refractivity contribution in [2.24, 2.45) is 0 Å². The highest BCUT2D eigenvalue weighted by Crippen LogP contribution is 2.37. The second-order valence-electron chi connectivity index (χ2n) is 10.2. The van der Waals surface area contributed by atoms with Gasteiger partial charge >= 0.3 is 6.03 Å². The Balaban J connectivity index is 1.17. The molecule has 0 radical (unpaired) electrons. The predicted octanol–water partition coefficient (Wildman–Crippen LogP) is 5.10. The summed E-state index contributed by atoms with van der Waals surface area (Å²) in [6, 6.07) is 39.2. The third-order valence-electron chi connectivity index (χ3n) is 7.29. The van der Waals surface area contributed by atoms with E-state index in [4.69, 9.17) is 11.6 Å². The maximum absolute atomic E-state index is 11.8. The molecule has 1 aromatic heterocycles. The van der Waals surface area contributed by atoms with E-state index >= 15 is 0 Å². The first kappa shape index (κ1) is 28.8. The zero-order valence-corrected chi connectivity index (χ0v) is 24.3. The fourth-order valence-corrected chi connectivity index (χ4v) is 5.35. The van der Waals surface area contributed by atoms with E-state index in [0.717, 1.165) is 32.8 Å². The normalized spacial score (nSPS) is 13.1. The molecule has 4 N–H and O–H groups in total. The topological polar surface area (TPSA) is 124 Å². The Labute approximate surface area is 259 Å². The molecule has 6 rings (SSSR count). The van der Waals surface area contributed by atoms with Crippen LogP contribution in [0, 0.1) is 0 Å². The number of hydrogen-bond acceptors (Lipinski definition) is 8. The van der Waals surface area contributed by atoms with Crippen LogP contribution in [-0.2, 0) is 23.4 Å². The van der Waals surface area contributed by atoms with E-state index in [1.807, 2.05) is 30.3 Å². The second-order valence-corrected chi connectivity index (χ2v) is 10.5. The molecule has 2 heterocycles. The van der Waals surface area contributed by atoms with Gasteiger partial charge in [-0.25, -0.2) is 9.80 Å². The van der Waals surface area contributed by atoms with E-state index in [9.17, 15) is 9.59 Å². The minimum absolute atomic E-state index is 0.0394. The molecule has 4 aromatic carbocycles. The van der Waals surface area contributed by atoms with E-state index in [0.29, 0.717) is 13.1 Å². The number of imide groups is 1. The summed E-state index contributed by atoms with van der Waals surface area (Å²) in [5, 5.41) is 10.2. The number of amides is 3. The summed E-state index contributed by atoms with van der Waals surface area (Å²) >= 11 is 6.07. The van der Waals surface area contributed by atoms with Crippen molar-refractivity contribution in [1.29, 1.82) is 0 Å². The number of halogens is 1. The quantitative estimate of drug-likeness (QED) is 0.121. The number of carbonyl (C=O) groups excluding carboxylic acids is 2. The molecule has 1 saturated heterocycles. The monoisotopic (exact) mass is 604 g/mol. The maximum atomic E-state index is 11.8. The Morgan fingerprint density at radius 1 is 0.682 bits per heavy atom. The zero-order chi connectivity index (χ0) is 30.4. The highest BCUT2D eigenvalue weighted by molar-refractivity contribution is 6.28. The lowest BCUT2D eigenvalue weighted by atomic mass is 9.77. The lowest BCUT2D eigenvalue weighted by Crippen LogP contribution is -2.44. The average molecular weight is 605 g/mol. The Morgan fingerprint density at radius 2 is 1.18 bits per heavy atom. The second kappa shape index (κ2) is 12.9. The van der Waals surface area contributed by atoms with Crippen molar-refractivity contribution in [1.82, 2.24) is 30.6 Å². The van der Waals surface area contributed by atoms with E-state index < -0.39 is 17.5 Å². The smallest absolute Gasteiger partial charge is 0.343 e. The molecule has 44 heavy (non-hydrogen) atoms. The summed E-state index contributed by atoms with van der Waals surface area (Å²) in [7, 11) is 0. The van der Waals surface area contributed by atoms with Gasteiger partial charge in [0.15, 0.2) is 0 Å². The molecule has 0 aliphatic carbocycles. The highest BCUT2D eigenvalue weighted by atomic mass is 35.5. The Bertz CT molecular complexity index is 1640. The SMILES string of the molecule is O=C1CN(Nc2nc(Cl)nc(NCc3ccc(CNC(c4ccccc4)(c4ccccc4)c4ccccc4)cc3)n2)C(=O)N1. The lowest BCUT2D eigenvalue weighted by molar-refractivity contribution is -0.118. The molecule has 0 spiro atoms. The van der Waals surface area contributed by atoms with Crippen molar-refractivity contribution in [3.05, 3.63) is 148 Å². The molecule has 0 atom stereocenters. The molecule has 10 nitrogen and oxygen atoms in total. The zero-order valence-electron chi connectivity index (χ0n) is 23.6. The van der Waals surface area contributed by atoms with Crippen LogP contribution in [-0.4, -0.2) is 38.4 Å². The summed E-state index contributed by atoms with van der Waals surface area (Å²) in [6.45, 7) is 0.893. The molecule has 11 heteroatoms. The van der Waals surface area contributed by atoms with Gasteiger partial charge in [-0.1, -0.05) is 115 Å². The first-order chi connectivity index (χ1) is 21.5. The number of rotatable bonds is 11.